The number of nitrogens with one attached hydrogen (secondary N) is 1. The molecular formula is C21H25ClN6O2. The third-order valence-electron chi connectivity index (χ3n) is 5.00. The number of nitrogens with zero attached hydrogens (tertiary/aromatic N) is 5. The highest BCUT2D eigenvalue weighted by Gasteiger charge is 2.23. The number of hydrogen-bond donors (Lipinski definition) is 1. The minimum Gasteiger partial charge on any atom is -0.343 e. The maximum absolute atomic E-state index is 12.9. The first-order valence-electron chi connectivity index (χ1n) is 9.45. The lowest BCUT2D eigenvalue weighted by atomic mass is 10.1. The lowest BCUT2D eigenvalue weighted by Gasteiger charge is -2.11. The molecule has 0 aliphatic carbocycles. The molecule has 3 aromatic rings. The fourth-order valence-corrected chi connectivity index (χ4v) is 3.25. The molecule has 0 radical (unpaired) electrons. The first kappa shape index (κ1) is 21.6. The van der Waals surface area contributed by atoms with Gasteiger partial charge in [0.15, 0.2) is 5.69 Å². The number of halogens is 1. The molecule has 8 nitrogen and oxygen atoms in total. The van der Waals surface area contributed by atoms with Crippen molar-refractivity contribution in [3.63, 3.8) is 0 Å². The van der Waals surface area contributed by atoms with Crippen molar-refractivity contribution in [1.82, 2.24) is 24.5 Å². The van der Waals surface area contributed by atoms with E-state index in [0.29, 0.717) is 28.5 Å². The Labute approximate surface area is 180 Å². The van der Waals surface area contributed by atoms with Gasteiger partial charge in [0.1, 0.15) is 0 Å². The Hall–Kier alpha value is -3.13. The predicted molar refractivity (Wildman–Crippen MR) is 116 cm³/mol. The Balaban J connectivity index is 1.86. The first-order valence-corrected chi connectivity index (χ1v) is 9.83. The highest BCUT2D eigenvalue weighted by atomic mass is 35.5. The van der Waals surface area contributed by atoms with E-state index in [9.17, 15) is 9.59 Å². The van der Waals surface area contributed by atoms with Gasteiger partial charge >= 0.3 is 0 Å². The molecule has 2 aromatic heterocycles. The van der Waals surface area contributed by atoms with E-state index in [1.54, 1.807) is 44.9 Å². The maximum atomic E-state index is 12.9. The topological polar surface area (TPSA) is 85.1 Å². The average molecular weight is 429 g/mol. The standard InChI is InChI=1S/C21H25ClN6O2/c1-12-17(22)13(2)28(24-12)11-15-8-7-9-16(10-15)20(29)23-18-14(3)27(6)25-19(18)21(30)26(4)5/h7-10H,11H2,1-6H3,(H,23,29). The van der Waals surface area contributed by atoms with Gasteiger partial charge in [-0.2, -0.15) is 10.2 Å². The van der Waals surface area contributed by atoms with Gasteiger partial charge in [0.05, 0.1) is 34.3 Å². The summed E-state index contributed by atoms with van der Waals surface area (Å²) in [6.45, 7) is 6.07. The molecule has 0 bridgehead atoms. The number of carbonyl (C=O) groups is 2. The molecule has 0 atom stereocenters. The summed E-state index contributed by atoms with van der Waals surface area (Å²) in [6, 6.07) is 7.28. The molecule has 0 saturated carbocycles. The second-order valence-corrected chi connectivity index (χ2v) is 7.81. The van der Waals surface area contributed by atoms with Crippen LogP contribution in [0.4, 0.5) is 5.69 Å². The highest BCUT2D eigenvalue weighted by molar-refractivity contribution is 6.31. The first-order chi connectivity index (χ1) is 14.1. The molecule has 9 heteroatoms. The second kappa shape index (κ2) is 8.31. The lowest BCUT2D eigenvalue weighted by molar-refractivity contribution is 0.0822. The summed E-state index contributed by atoms with van der Waals surface area (Å²) in [4.78, 5) is 26.8. The molecule has 2 heterocycles. The molecule has 0 aliphatic heterocycles. The maximum Gasteiger partial charge on any atom is 0.276 e. The van der Waals surface area contributed by atoms with Gasteiger partial charge in [-0.3, -0.25) is 19.0 Å². The zero-order valence-electron chi connectivity index (χ0n) is 17.9. The van der Waals surface area contributed by atoms with Crippen LogP contribution in [0.3, 0.4) is 0 Å². The molecule has 30 heavy (non-hydrogen) atoms. The zero-order valence-corrected chi connectivity index (χ0v) is 18.7. The van der Waals surface area contributed by atoms with Gasteiger partial charge in [0, 0.05) is 26.7 Å². The minimum absolute atomic E-state index is 0.210. The summed E-state index contributed by atoms with van der Waals surface area (Å²) < 4.78 is 3.39. The number of aryl methyl sites for hydroxylation is 2. The Morgan fingerprint density at radius 2 is 1.83 bits per heavy atom. The third kappa shape index (κ3) is 4.09. The van der Waals surface area contributed by atoms with Crippen LogP contribution in [0.25, 0.3) is 0 Å². The van der Waals surface area contributed by atoms with Gasteiger partial charge in [-0.25, -0.2) is 0 Å². The van der Waals surface area contributed by atoms with Gasteiger partial charge in [0.25, 0.3) is 11.8 Å². The van der Waals surface area contributed by atoms with Crippen LogP contribution in [0.5, 0.6) is 0 Å². The number of aromatic nitrogens is 4. The van der Waals surface area contributed by atoms with E-state index in [0.717, 1.165) is 17.0 Å². The van der Waals surface area contributed by atoms with Crippen LogP contribution in [0.1, 0.15) is 43.5 Å². The van der Waals surface area contributed by atoms with E-state index in [2.05, 4.69) is 15.5 Å². The molecule has 1 N–H and O–H groups in total. The van der Waals surface area contributed by atoms with Gasteiger partial charge in [-0.05, 0) is 38.5 Å². The van der Waals surface area contributed by atoms with Gasteiger partial charge in [-0.1, -0.05) is 23.7 Å². The number of anilines is 1. The predicted octanol–water partition coefficient (Wildman–Crippen LogP) is 3.20. The third-order valence-corrected chi connectivity index (χ3v) is 5.54. The Kier molecular flexibility index (Phi) is 5.98. The lowest BCUT2D eigenvalue weighted by Crippen LogP contribution is -2.24. The monoisotopic (exact) mass is 428 g/mol. The van der Waals surface area contributed by atoms with Crippen molar-refractivity contribution in [1.29, 1.82) is 0 Å². The number of rotatable bonds is 5. The van der Waals surface area contributed by atoms with E-state index >= 15 is 0 Å². The fraction of sp³-hybridized carbons (Fsp3) is 0.333. The van der Waals surface area contributed by atoms with Crippen molar-refractivity contribution in [3.05, 3.63) is 63.2 Å². The summed E-state index contributed by atoms with van der Waals surface area (Å²) in [5, 5.41) is 12.2. The molecule has 3 rings (SSSR count). The Bertz CT molecular complexity index is 1130. The van der Waals surface area contributed by atoms with Crippen LogP contribution in [0.2, 0.25) is 5.02 Å². The van der Waals surface area contributed by atoms with E-state index < -0.39 is 0 Å². The summed E-state index contributed by atoms with van der Waals surface area (Å²) >= 11 is 6.23. The number of benzene rings is 1. The average Bonchev–Trinajstić information content (AvgIpc) is 3.12. The molecular weight excluding hydrogens is 404 g/mol. The van der Waals surface area contributed by atoms with Gasteiger partial charge in [-0.15, -0.1) is 0 Å². The van der Waals surface area contributed by atoms with Crippen molar-refractivity contribution in [2.45, 2.75) is 27.3 Å². The summed E-state index contributed by atoms with van der Waals surface area (Å²) in [6.07, 6.45) is 0. The SMILES string of the molecule is Cc1nn(Cc2cccc(C(=O)Nc3c(C(=O)N(C)C)nn(C)c3C)c2)c(C)c1Cl. The smallest absolute Gasteiger partial charge is 0.276 e. The van der Waals surface area contributed by atoms with Crippen molar-refractivity contribution in [3.8, 4) is 0 Å². The van der Waals surface area contributed by atoms with Gasteiger partial charge < -0.3 is 10.2 Å². The van der Waals surface area contributed by atoms with Crippen molar-refractivity contribution in [2.75, 3.05) is 19.4 Å². The number of carbonyl (C=O) groups excluding carboxylic acids is 2. The van der Waals surface area contributed by atoms with E-state index in [-0.39, 0.29) is 17.5 Å². The fourth-order valence-electron chi connectivity index (χ4n) is 3.12. The van der Waals surface area contributed by atoms with Crippen LogP contribution in [0.15, 0.2) is 24.3 Å². The van der Waals surface area contributed by atoms with Crippen molar-refractivity contribution < 1.29 is 9.59 Å². The molecule has 158 valence electrons. The van der Waals surface area contributed by atoms with Crippen LogP contribution >= 0.6 is 11.6 Å². The van der Waals surface area contributed by atoms with Crippen LogP contribution in [-0.4, -0.2) is 50.4 Å². The van der Waals surface area contributed by atoms with Gasteiger partial charge in [0.2, 0.25) is 0 Å². The molecule has 0 unspecified atom stereocenters. The van der Waals surface area contributed by atoms with E-state index in [1.807, 2.05) is 30.7 Å². The molecule has 0 spiro atoms. The van der Waals surface area contributed by atoms with Crippen LogP contribution < -0.4 is 5.32 Å². The number of hydrogen-bond acceptors (Lipinski definition) is 4. The number of amides is 2. The molecule has 1 aromatic carbocycles. The highest BCUT2D eigenvalue weighted by Crippen LogP contribution is 2.23. The normalized spacial score (nSPS) is 10.9. The van der Waals surface area contributed by atoms with E-state index in [4.69, 9.17) is 11.6 Å². The quantitative estimate of drug-likeness (QED) is 0.676. The Morgan fingerprint density at radius 3 is 2.43 bits per heavy atom. The summed E-state index contributed by atoms with van der Waals surface area (Å²) in [5.41, 5.74) is 4.36. The second-order valence-electron chi connectivity index (χ2n) is 7.43. The molecule has 0 fully saturated rings. The van der Waals surface area contributed by atoms with Crippen LogP contribution in [-0.2, 0) is 13.6 Å². The minimum atomic E-state index is -0.313. The molecule has 2 amide bonds. The summed E-state index contributed by atoms with van der Waals surface area (Å²) in [7, 11) is 5.02. The Morgan fingerprint density at radius 1 is 1.13 bits per heavy atom. The summed E-state index contributed by atoms with van der Waals surface area (Å²) in [5.74, 6) is -0.587. The van der Waals surface area contributed by atoms with Crippen LogP contribution in [0, 0.1) is 20.8 Å². The molecule has 0 saturated heterocycles. The molecule has 0 aliphatic rings. The van der Waals surface area contributed by atoms with Crippen molar-refractivity contribution >= 4 is 29.1 Å². The van der Waals surface area contributed by atoms with Crippen molar-refractivity contribution in [2.24, 2.45) is 7.05 Å². The zero-order chi connectivity index (χ0) is 22.2. The largest absolute Gasteiger partial charge is 0.343 e. The van der Waals surface area contributed by atoms with E-state index in [1.165, 1.54) is 4.90 Å².